The third kappa shape index (κ3) is 6.11. The molecule has 2 saturated heterocycles. The molecule has 0 radical (unpaired) electrons. The van der Waals surface area contributed by atoms with Gasteiger partial charge < -0.3 is 25.3 Å². The highest BCUT2D eigenvalue weighted by atomic mass is 32.2. The van der Waals surface area contributed by atoms with Gasteiger partial charge in [-0.15, -0.1) is 11.8 Å². The van der Waals surface area contributed by atoms with E-state index < -0.39 is 24.1 Å². The van der Waals surface area contributed by atoms with E-state index in [-0.39, 0.29) is 0 Å². The fourth-order valence-corrected chi connectivity index (χ4v) is 5.28. The topological polar surface area (TPSA) is 144 Å². The number of rotatable bonds is 8. The van der Waals surface area contributed by atoms with Crippen LogP contribution in [0.5, 0.6) is 0 Å². The lowest BCUT2D eigenvalue weighted by atomic mass is 9.89. The third-order valence-electron chi connectivity index (χ3n) is 4.94. The van der Waals surface area contributed by atoms with Crippen molar-refractivity contribution in [3.63, 3.8) is 0 Å². The van der Waals surface area contributed by atoms with Gasteiger partial charge in [0.15, 0.2) is 12.2 Å². The molecule has 4 N–H and O–H groups in total. The van der Waals surface area contributed by atoms with Gasteiger partial charge in [0.1, 0.15) is 5.03 Å². The second-order valence-corrected chi connectivity index (χ2v) is 8.60. The van der Waals surface area contributed by atoms with Gasteiger partial charge >= 0.3 is 11.9 Å². The van der Waals surface area contributed by atoms with Crippen LogP contribution in [0.1, 0.15) is 44.2 Å². The van der Waals surface area contributed by atoms with Crippen LogP contribution in [0.2, 0.25) is 0 Å². The largest absolute Gasteiger partial charge is 0.479 e. The molecular weight excluding hydrogens is 406 g/mol. The summed E-state index contributed by atoms with van der Waals surface area (Å²) in [6.07, 6.45) is 0.770. The summed E-state index contributed by atoms with van der Waals surface area (Å²) in [4.78, 5) is 22.2. The molecule has 2 fully saturated rings. The molecule has 3 heterocycles. The number of thioether (sulfide) groups is 1. The molecule has 9 nitrogen and oxygen atoms in total. The number of carboxylic acids is 2. The lowest BCUT2D eigenvalue weighted by Gasteiger charge is -2.21. The number of aliphatic hydroxyl groups excluding tert-OH is 2. The number of hydrogen-bond acceptors (Lipinski definition) is 9. The molecule has 5 unspecified atom stereocenters. The first kappa shape index (κ1) is 23.0. The molecule has 1 aromatic heterocycles. The van der Waals surface area contributed by atoms with Gasteiger partial charge in [-0.05, 0) is 37.5 Å². The average Bonchev–Trinajstić information content (AvgIpc) is 3.24. The van der Waals surface area contributed by atoms with Gasteiger partial charge in [-0.25, -0.2) is 9.59 Å². The smallest absolute Gasteiger partial charge is 0.335 e. The van der Waals surface area contributed by atoms with Crippen LogP contribution < -0.4 is 0 Å². The van der Waals surface area contributed by atoms with Gasteiger partial charge in [0.2, 0.25) is 0 Å². The molecule has 5 atom stereocenters. The van der Waals surface area contributed by atoms with Crippen LogP contribution in [0.3, 0.4) is 0 Å². The summed E-state index contributed by atoms with van der Waals surface area (Å²) >= 11 is 3.32. The Morgan fingerprint density at radius 2 is 1.89 bits per heavy atom. The summed E-state index contributed by atoms with van der Waals surface area (Å²) in [5.74, 6) is -0.843. The molecule has 3 rings (SSSR count). The lowest BCUT2D eigenvalue weighted by molar-refractivity contribution is -0.165. The predicted molar refractivity (Wildman–Crippen MR) is 105 cm³/mol. The minimum atomic E-state index is -2.27. The number of aliphatic hydroxyl groups is 2. The summed E-state index contributed by atoms with van der Waals surface area (Å²) in [6.45, 7) is 6.05. The monoisotopic (exact) mass is 433 g/mol. The molecule has 158 valence electrons. The van der Waals surface area contributed by atoms with E-state index in [0.29, 0.717) is 5.92 Å². The molecule has 2 bridgehead atoms. The van der Waals surface area contributed by atoms with E-state index in [1.165, 1.54) is 73.5 Å². The van der Waals surface area contributed by atoms with Crippen LogP contribution in [0.15, 0.2) is 5.03 Å². The van der Waals surface area contributed by atoms with Gasteiger partial charge in [-0.1, -0.05) is 13.3 Å². The first-order chi connectivity index (χ1) is 13.3. The fourth-order valence-electron chi connectivity index (χ4n) is 3.42. The summed E-state index contributed by atoms with van der Waals surface area (Å²) in [5.41, 5.74) is 1.32. The van der Waals surface area contributed by atoms with Gasteiger partial charge in [-0.2, -0.15) is 8.75 Å². The Bertz CT molecular complexity index is 641. The highest BCUT2D eigenvalue weighted by molar-refractivity contribution is 7.99. The Morgan fingerprint density at radius 1 is 1.21 bits per heavy atom. The number of unbranched alkanes of at least 4 members (excludes halogenated alkanes) is 1. The maximum absolute atomic E-state index is 9.77. The molecule has 0 aliphatic carbocycles. The number of carbonyl (C=O) groups is 2. The van der Waals surface area contributed by atoms with E-state index in [9.17, 15) is 9.59 Å². The van der Waals surface area contributed by atoms with Gasteiger partial charge in [0.25, 0.3) is 0 Å². The zero-order valence-electron chi connectivity index (χ0n) is 15.7. The SMILES string of the molecule is CCCCSc1nsnc1C1CN2CCCC1C2.O=C(O)C(O)C(O)C(=O)O. The number of piperidine rings is 1. The van der Waals surface area contributed by atoms with Gasteiger partial charge in [0.05, 0.1) is 17.4 Å². The highest BCUT2D eigenvalue weighted by Gasteiger charge is 2.38. The summed E-state index contributed by atoms with van der Waals surface area (Å²) in [5, 5.41) is 33.8. The van der Waals surface area contributed by atoms with Gasteiger partial charge in [-0.3, -0.25) is 0 Å². The van der Waals surface area contributed by atoms with Crippen LogP contribution in [0, 0.1) is 5.92 Å². The molecule has 2 aliphatic heterocycles. The molecule has 0 spiro atoms. The number of nitrogens with zero attached hydrogens (tertiary/aromatic N) is 3. The van der Waals surface area contributed by atoms with Crippen molar-refractivity contribution in [1.82, 2.24) is 13.6 Å². The highest BCUT2D eigenvalue weighted by Crippen LogP contribution is 2.41. The normalized spacial score (nSPS) is 25.5. The zero-order valence-corrected chi connectivity index (χ0v) is 17.4. The van der Waals surface area contributed by atoms with Crippen LogP contribution in [-0.4, -0.2) is 83.6 Å². The summed E-state index contributed by atoms with van der Waals surface area (Å²) in [7, 11) is 0. The van der Waals surface area contributed by atoms with E-state index in [2.05, 4.69) is 20.6 Å². The van der Waals surface area contributed by atoms with E-state index >= 15 is 0 Å². The zero-order chi connectivity index (χ0) is 20.7. The molecule has 28 heavy (non-hydrogen) atoms. The molecule has 0 aromatic carbocycles. The van der Waals surface area contributed by atoms with E-state index in [1.807, 2.05) is 11.8 Å². The standard InChI is InChI=1S/C13H21N3S2.C4H6O6/c1-2-3-7-17-13-12(14-18-15-13)11-9-16-6-4-5-10(11)8-16;5-1(3(7)8)2(6)4(9)10/h10-11H,2-9H2,1H3;1-2,5-6H,(H,7,8)(H,9,10). The average molecular weight is 434 g/mol. The Balaban J connectivity index is 0.000000242. The van der Waals surface area contributed by atoms with Crippen molar-refractivity contribution >= 4 is 35.4 Å². The maximum atomic E-state index is 9.77. The minimum Gasteiger partial charge on any atom is -0.479 e. The van der Waals surface area contributed by atoms with Crippen molar-refractivity contribution in [2.45, 2.75) is 55.8 Å². The molecule has 0 saturated carbocycles. The first-order valence-electron chi connectivity index (χ1n) is 9.34. The Labute approximate surface area is 172 Å². The van der Waals surface area contributed by atoms with Crippen LogP contribution in [-0.2, 0) is 9.59 Å². The Morgan fingerprint density at radius 3 is 2.46 bits per heavy atom. The van der Waals surface area contributed by atoms with Crippen LogP contribution >= 0.6 is 23.5 Å². The van der Waals surface area contributed by atoms with Crippen molar-refractivity contribution in [2.24, 2.45) is 5.92 Å². The number of aliphatic carboxylic acids is 2. The molecule has 2 aliphatic rings. The summed E-state index contributed by atoms with van der Waals surface area (Å²) in [6, 6.07) is 0. The van der Waals surface area contributed by atoms with Crippen molar-refractivity contribution in [1.29, 1.82) is 0 Å². The minimum absolute atomic E-state index is 0.662. The number of fused-ring (bicyclic) bond motifs is 2. The number of aromatic nitrogens is 2. The third-order valence-corrected chi connectivity index (χ3v) is 6.67. The van der Waals surface area contributed by atoms with Crippen LogP contribution in [0.4, 0.5) is 0 Å². The Kier molecular flexibility index (Phi) is 9.09. The maximum Gasteiger partial charge on any atom is 0.335 e. The quantitative estimate of drug-likeness (QED) is 0.348. The second-order valence-electron chi connectivity index (χ2n) is 6.99. The lowest BCUT2D eigenvalue weighted by Crippen LogP contribution is -2.39. The van der Waals surface area contributed by atoms with Crippen molar-refractivity contribution < 1.29 is 30.0 Å². The number of hydrogen-bond donors (Lipinski definition) is 4. The molecular formula is C17H27N3O6S2. The molecule has 11 heteroatoms. The molecule has 1 aromatic rings. The predicted octanol–water partition coefficient (Wildman–Crippen LogP) is 1.12. The van der Waals surface area contributed by atoms with Crippen molar-refractivity contribution in [2.75, 3.05) is 25.4 Å². The first-order valence-corrected chi connectivity index (χ1v) is 11.1. The van der Waals surface area contributed by atoms with Crippen LogP contribution in [0.25, 0.3) is 0 Å². The summed E-state index contributed by atoms with van der Waals surface area (Å²) < 4.78 is 9.14. The number of carboxylic acid groups (broad SMARTS) is 2. The van der Waals surface area contributed by atoms with Crippen molar-refractivity contribution in [3.8, 4) is 0 Å². The van der Waals surface area contributed by atoms with Gasteiger partial charge in [0, 0.05) is 19.0 Å². The van der Waals surface area contributed by atoms with E-state index in [1.54, 1.807) is 0 Å². The second kappa shape index (κ2) is 11.1. The van der Waals surface area contributed by atoms with E-state index in [4.69, 9.17) is 20.4 Å². The molecule has 0 amide bonds. The fraction of sp³-hybridized carbons (Fsp3) is 0.765. The van der Waals surface area contributed by atoms with Crippen molar-refractivity contribution in [3.05, 3.63) is 5.69 Å². The van der Waals surface area contributed by atoms with E-state index in [0.717, 1.165) is 5.92 Å². The Hall–Kier alpha value is -1.27.